The highest BCUT2D eigenvalue weighted by molar-refractivity contribution is 5.86. The SMILES string of the molecule is COc1ccc2c(c1)c([N+](=O)[O-])cc[n+]2[O-]. The smallest absolute Gasteiger partial charge is 0.289 e. The Labute approximate surface area is 90.4 Å². The third kappa shape index (κ3) is 1.50. The summed E-state index contributed by atoms with van der Waals surface area (Å²) in [5.41, 5.74) is 0.135. The maximum absolute atomic E-state index is 11.4. The molecule has 16 heavy (non-hydrogen) atoms. The normalized spacial score (nSPS) is 10.3. The first-order valence-corrected chi connectivity index (χ1v) is 4.48. The van der Waals surface area contributed by atoms with Gasteiger partial charge in [0.15, 0.2) is 6.20 Å². The van der Waals surface area contributed by atoms with Crippen molar-refractivity contribution in [1.29, 1.82) is 0 Å². The Kier molecular flexibility index (Phi) is 2.32. The molecule has 6 nitrogen and oxygen atoms in total. The molecule has 0 radical (unpaired) electrons. The largest absolute Gasteiger partial charge is 0.618 e. The third-order valence-electron chi connectivity index (χ3n) is 2.28. The summed E-state index contributed by atoms with van der Waals surface area (Å²) in [6.07, 6.45) is 1.12. The Hall–Kier alpha value is -2.37. The number of hydrogen-bond acceptors (Lipinski definition) is 4. The fourth-order valence-corrected chi connectivity index (χ4v) is 1.51. The summed E-state index contributed by atoms with van der Waals surface area (Å²) in [5, 5.41) is 22.5. The maximum atomic E-state index is 11.4. The Bertz CT molecular complexity index is 568. The molecule has 0 unspecified atom stereocenters. The summed E-state index contributed by atoms with van der Waals surface area (Å²) < 4.78 is 5.55. The average molecular weight is 220 g/mol. The zero-order valence-corrected chi connectivity index (χ0v) is 8.41. The van der Waals surface area contributed by atoms with E-state index in [9.17, 15) is 15.3 Å². The Morgan fingerprint density at radius 3 is 2.75 bits per heavy atom. The molecule has 0 saturated carbocycles. The van der Waals surface area contributed by atoms with Crippen LogP contribution in [0.1, 0.15) is 0 Å². The molecule has 1 heterocycles. The van der Waals surface area contributed by atoms with Crippen LogP contribution in [0.2, 0.25) is 0 Å². The highest BCUT2D eigenvalue weighted by Gasteiger charge is 2.17. The first-order valence-electron chi connectivity index (χ1n) is 4.48. The molecule has 0 aliphatic carbocycles. The molecule has 82 valence electrons. The first-order chi connectivity index (χ1) is 7.63. The van der Waals surface area contributed by atoms with Crippen molar-refractivity contribution in [3.63, 3.8) is 0 Å². The molecule has 0 N–H and O–H groups in total. The summed E-state index contributed by atoms with van der Waals surface area (Å²) in [6.45, 7) is 0. The second kappa shape index (κ2) is 3.65. The minimum Gasteiger partial charge on any atom is -0.618 e. The Morgan fingerprint density at radius 2 is 2.12 bits per heavy atom. The second-order valence-electron chi connectivity index (χ2n) is 3.17. The molecular formula is C10H8N2O4. The zero-order valence-electron chi connectivity index (χ0n) is 8.41. The van der Waals surface area contributed by atoms with E-state index in [2.05, 4.69) is 0 Å². The molecule has 0 atom stereocenters. The van der Waals surface area contributed by atoms with Gasteiger partial charge >= 0.3 is 0 Å². The molecule has 0 aliphatic heterocycles. The molecule has 6 heteroatoms. The molecular weight excluding hydrogens is 212 g/mol. The maximum Gasteiger partial charge on any atom is 0.289 e. The van der Waals surface area contributed by atoms with Crippen LogP contribution in [0.4, 0.5) is 5.69 Å². The van der Waals surface area contributed by atoms with Gasteiger partial charge in [0, 0.05) is 12.1 Å². The quantitative estimate of drug-likeness (QED) is 0.331. The van der Waals surface area contributed by atoms with Crippen LogP contribution < -0.4 is 9.47 Å². The van der Waals surface area contributed by atoms with E-state index in [0.717, 1.165) is 6.20 Å². The third-order valence-corrected chi connectivity index (χ3v) is 2.28. The summed E-state index contributed by atoms with van der Waals surface area (Å²) in [7, 11) is 1.46. The van der Waals surface area contributed by atoms with Crippen molar-refractivity contribution in [2.75, 3.05) is 7.11 Å². The second-order valence-corrected chi connectivity index (χ2v) is 3.17. The monoisotopic (exact) mass is 220 g/mol. The topological polar surface area (TPSA) is 79.3 Å². The van der Waals surface area contributed by atoms with E-state index >= 15 is 0 Å². The highest BCUT2D eigenvalue weighted by Crippen LogP contribution is 2.26. The van der Waals surface area contributed by atoms with Crippen molar-refractivity contribution in [1.82, 2.24) is 0 Å². The predicted octanol–water partition coefficient (Wildman–Crippen LogP) is 1.39. The van der Waals surface area contributed by atoms with Gasteiger partial charge in [0.1, 0.15) is 11.1 Å². The lowest BCUT2D eigenvalue weighted by Gasteiger charge is -2.04. The number of fused-ring (bicyclic) bond motifs is 1. The summed E-state index contributed by atoms with van der Waals surface area (Å²) >= 11 is 0. The van der Waals surface area contributed by atoms with Gasteiger partial charge in [-0.15, -0.1) is 0 Å². The molecule has 2 aromatic rings. The number of rotatable bonds is 2. The van der Waals surface area contributed by atoms with Gasteiger partial charge in [-0.3, -0.25) is 10.1 Å². The fraction of sp³-hybridized carbons (Fsp3) is 0.100. The lowest BCUT2D eigenvalue weighted by atomic mass is 10.2. The molecule has 0 fully saturated rings. The van der Waals surface area contributed by atoms with Gasteiger partial charge in [-0.25, -0.2) is 0 Å². The number of hydrogen-bond donors (Lipinski definition) is 0. The molecule has 2 rings (SSSR count). The van der Waals surface area contributed by atoms with Gasteiger partial charge in [0.25, 0.3) is 5.69 Å². The van der Waals surface area contributed by atoms with E-state index in [4.69, 9.17) is 4.74 Å². The molecule has 0 aliphatic rings. The lowest BCUT2D eigenvalue weighted by Crippen LogP contribution is -2.26. The Morgan fingerprint density at radius 1 is 1.38 bits per heavy atom. The minimum absolute atomic E-state index is 0.110. The van der Waals surface area contributed by atoms with Crippen LogP contribution in [0.5, 0.6) is 5.75 Å². The number of methoxy groups -OCH3 is 1. The van der Waals surface area contributed by atoms with Gasteiger partial charge in [0.05, 0.1) is 18.1 Å². The van der Waals surface area contributed by atoms with Crippen molar-refractivity contribution in [2.24, 2.45) is 0 Å². The van der Waals surface area contributed by atoms with Gasteiger partial charge in [-0.05, 0) is 6.07 Å². The molecule has 0 bridgehead atoms. The van der Waals surface area contributed by atoms with E-state index in [-0.39, 0.29) is 16.6 Å². The first kappa shape index (κ1) is 10.2. The molecule has 1 aromatic carbocycles. The zero-order chi connectivity index (χ0) is 11.7. The van der Waals surface area contributed by atoms with Gasteiger partial charge < -0.3 is 9.94 Å². The van der Waals surface area contributed by atoms with E-state index in [1.165, 1.54) is 25.3 Å². The fourth-order valence-electron chi connectivity index (χ4n) is 1.51. The lowest BCUT2D eigenvalue weighted by molar-refractivity contribution is -0.577. The van der Waals surface area contributed by atoms with E-state index in [1.807, 2.05) is 0 Å². The molecule has 0 spiro atoms. The molecule has 1 aromatic heterocycles. The van der Waals surface area contributed by atoms with Crippen molar-refractivity contribution in [2.45, 2.75) is 0 Å². The van der Waals surface area contributed by atoms with Crippen molar-refractivity contribution >= 4 is 16.6 Å². The van der Waals surface area contributed by atoms with E-state index < -0.39 is 4.92 Å². The van der Waals surface area contributed by atoms with Crippen LogP contribution in [-0.4, -0.2) is 12.0 Å². The summed E-state index contributed by atoms with van der Waals surface area (Å²) in [4.78, 5) is 10.3. The van der Waals surface area contributed by atoms with E-state index in [1.54, 1.807) is 6.07 Å². The number of nitro groups is 1. The number of pyridine rings is 1. The number of aromatic nitrogens is 1. The van der Waals surface area contributed by atoms with Crippen molar-refractivity contribution in [3.05, 3.63) is 45.8 Å². The van der Waals surface area contributed by atoms with Gasteiger partial charge in [-0.2, -0.15) is 4.73 Å². The van der Waals surface area contributed by atoms with Crippen LogP contribution in [-0.2, 0) is 0 Å². The number of benzene rings is 1. The minimum atomic E-state index is -0.526. The standard InChI is InChI=1S/C10H8N2O4/c1-16-7-2-3-9-8(6-7)10(12(14)15)4-5-11(9)13/h2-6H,1H3. The van der Waals surface area contributed by atoms with E-state index in [0.29, 0.717) is 10.5 Å². The number of nitrogens with zero attached hydrogens (tertiary/aromatic N) is 2. The van der Waals surface area contributed by atoms with Crippen LogP contribution in [0.25, 0.3) is 10.9 Å². The van der Waals surface area contributed by atoms with Crippen LogP contribution in [0.3, 0.4) is 0 Å². The molecule has 0 amide bonds. The summed E-state index contributed by atoms with van der Waals surface area (Å²) in [6, 6.07) is 5.73. The average Bonchev–Trinajstić information content (AvgIpc) is 2.28. The Balaban J connectivity index is 2.83. The van der Waals surface area contributed by atoms with Crippen LogP contribution >= 0.6 is 0 Å². The van der Waals surface area contributed by atoms with Crippen molar-refractivity contribution < 1.29 is 14.4 Å². The van der Waals surface area contributed by atoms with Crippen LogP contribution in [0, 0.1) is 15.3 Å². The number of ether oxygens (including phenoxy) is 1. The highest BCUT2D eigenvalue weighted by atomic mass is 16.6. The summed E-state index contributed by atoms with van der Waals surface area (Å²) in [5.74, 6) is 0.474. The van der Waals surface area contributed by atoms with Crippen molar-refractivity contribution in [3.8, 4) is 5.75 Å². The molecule has 0 saturated heterocycles. The van der Waals surface area contributed by atoms with Gasteiger partial charge in [-0.1, -0.05) is 0 Å². The predicted molar refractivity (Wildman–Crippen MR) is 56.1 cm³/mol. The van der Waals surface area contributed by atoms with Gasteiger partial charge in [0.2, 0.25) is 5.52 Å². The van der Waals surface area contributed by atoms with Crippen LogP contribution in [0.15, 0.2) is 30.5 Å².